The van der Waals surface area contributed by atoms with Gasteiger partial charge in [0.15, 0.2) is 79.6 Å². The minimum Gasteiger partial charge on any atom is -0.481 e. The maximum Gasteiger partial charge on any atom is 0.305 e. The molecular weight excluding hydrogens is 1780 g/mol. The van der Waals surface area contributed by atoms with Gasteiger partial charge in [0.2, 0.25) is 30.3 Å². The second-order valence-electron chi connectivity index (χ2n) is 29.2. The number of carbonyl (C=O) groups excluding carboxylic acids is 16. The molecule has 131 heavy (non-hydrogen) atoms. The number of nitrogens with one attached hydrogen (secondary N) is 3. The fourth-order valence-electron chi connectivity index (χ4n) is 12.6. The van der Waals surface area contributed by atoms with Crippen LogP contribution in [0, 0.1) is 0 Å². The Morgan fingerprint density at radius 3 is 1.01 bits per heavy atom. The van der Waals surface area contributed by atoms with E-state index in [1.807, 2.05) is 6.08 Å². The summed E-state index contributed by atoms with van der Waals surface area (Å²) in [5, 5.41) is 60.7. The quantitative estimate of drug-likeness (QED) is 0.0148. The number of nitrogens with zero attached hydrogens (tertiary/aromatic N) is 1. The van der Waals surface area contributed by atoms with Gasteiger partial charge in [-0.1, -0.05) is 12.2 Å². The number of carbonyl (C=O) groups is 17. The Bertz CT molecular complexity index is 3720. The minimum atomic E-state index is -1.37. The zero-order valence-electron chi connectivity index (χ0n) is 76.2. The zero-order valence-corrected chi connectivity index (χ0v) is 77.0. The monoisotopic (exact) mass is 1910 g/mol. The number of aliphatic imine (C=N–C) groups is 1. The molecule has 50 heteroatoms. The summed E-state index contributed by atoms with van der Waals surface area (Å²) < 4.78 is 112. The number of hydrogen-bond donors (Lipinski definition) is 10. The van der Waals surface area contributed by atoms with E-state index in [0.29, 0.717) is 38.4 Å². The molecule has 0 aromatic heterocycles. The molecule has 748 valence electrons. The third-order valence-corrected chi connectivity index (χ3v) is 17.7. The van der Waals surface area contributed by atoms with Crippen molar-refractivity contribution in [3.05, 3.63) is 25.3 Å². The summed E-state index contributed by atoms with van der Waals surface area (Å²) in [7, 11) is 0. The molecule has 5 fully saturated rings. The number of carboxylic acids is 1. The number of amides is 3. The Labute approximate surface area is 761 Å². The second kappa shape index (κ2) is 63.7. The predicted molar refractivity (Wildman–Crippen MR) is 442 cm³/mol. The number of aliphatic carboxylic acids is 1. The molecule has 0 aromatic rings. The number of unbranched alkanes of at least 4 members (excludes halogenated alkanes) is 5. The van der Waals surface area contributed by atoms with Gasteiger partial charge >= 0.3 is 83.6 Å². The van der Waals surface area contributed by atoms with Crippen LogP contribution >= 0.6 is 12.4 Å². The molecule has 6 heterocycles. The van der Waals surface area contributed by atoms with Crippen molar-refractivity contribution < 1.29 is 212 Å². The molecule has 0 aliphatic carbocycles. The fraction of sp³-hybridized carbons (Fsp3) is 0.728. The molecule has 25 atom stereocenters. The third-order valence-electron chi connectivity index (χ3n) is 17.7. The van der Waals surface area contributed by atoms with E-state index in [-0.39, 0.29) is 51.9 Å². The molecule has 14 unspecified atom stereocenters. The number of aliphatic hydroxyl groups excluding tert-OH is 5. The van der Waals surface area contributed by atoms with Gasteiger partial charge in [0.25, 0.3) is 0 Å². The first-order valence-corrected chi connectivity index (χ1v) is 41.0. The van der Waals surface area contributed by atoms with Crippen LogP contribution in [0.2, 0.25) is 0 Å². The molecule has 0 aromatic carbocycles. The van der Waals surface area contributed by atoms with Crippen LogP contribution in [0.3, 0.4) is 0 Å². The summed E-state index contributed by atoms with van der Waals surface area (Å²) in [6.45, 7) is 27.0. The summed E-state index contributed by atoms with van der Waals surface area (Å²) in [5.41, 5.74) is 5.26. The number of halogens is 1. The smallest absolute Gasteiger partial charge is 0.305 e. The van der Waals surface area contributed by atoms with Crippen LogP contribution in [0.15, 0.2) is 30.3 Å². The number of nitrogens with two attached hydrogens (primary N) is 1. The zero-order chi connectivity index (χ0) is 98.9. The average molecular weight is 1910 g/mol. The maximum absolute atomic E-state index is 11.8. The highest BCUT2D eigenvalue weighted by molar-refractivity contribution is 5.85. The number of fused-ring (bicyclic) bond motifs is 1. The van der Waals surface area contributed by atoms with Crippen molar-refractivity contribution in [2.75, 3.05) is 52.9 Å². The summed E-state index contributed by atoms with van der Waals surface area (Å²) >= 11 is 0. The molecule has 6 aliphatic heterocycles. The van der Waals surface area contributed by atoms with Gasteiger partial charge in [0, 0.05) is 144 Å². The van der Waals surface area contributed by atoms with Crippen LogP contribution in [0.5, 0.6) is 0 Å². The van der Waals surface area contributed by atoms with Gasteiger partial charge in [-0.05, 0) is 51.4 Å². The number of carboxylic acid groups (broad SMARTS) is 1. The van der Waals surface area contributed by atoms with Gasteiger partial charge in [0.05, 0.1) is 12.6 Å². The third kappa shape index (κ3) is 47.6. The summed E-state index contributed by atoms with van der Waals surface area (Å²) in [5.74, 6) is -10.3. The molecule has 3 amide bonds. The normalized spacial score (nSPS) is 28.1. The van der Waals surface area contributed by atoms with E-state index in [9.17, 15) is 91.7 Å². The van der Waals surface area contributed by atoms with Crippen molar-refractivity contribution in [1.29, 1.82) is 0 Å². The molecule has 0 saturated carbocycles. The number of hydrogen-bond acceptors (Lipinski definition) is 45. The average Bonchev–Trinajstić information content (AvgIpc) is 1.71. The highest BCUT2D eigenvalue weighted by Crippen LogP contribution is 2.35. The predicted octanol–water partition coefficient (Wildman–Crippen LogP) is -1.41. The Balaban J connectivity index is 0.00000161. The first-order chi connectivity index (χ1) is 60.9. The fourth-order valence-corrected chi connectivity index (χ4v) is 12.6. The van der Waals surface area contributed by atoms with Crippen molar-refractivity contribution in [1.82, 2.24) is 16.0 Å². The van der Waals surface area contributed by atoms with Crippen LogP contribution in [-0.2, 0) is 181 Å². The van der Waals surface area contributed by atoms with Crippen LogP contribution in [-0.4, -0.2) is 344 Å². The Morgan fingerprint density at radius 1 is 0.389 bits per heavy atom. The van der Waals surface area contributed by atoms with Crippen molar-refractivity contribution >= 4 is 120 Å². The van der Waals surface area contributed by atoms with Crippen LogP contribution in [0.4, 0.5) is 0 Å². The molecule has 0 radical (unpaired) electrons. The van der Waals surface area contributed by atoms with Gasteiger partial charge in [-0.15, -0.1) is 25.6 Å². The van der Waals surface area contributed by atoms with E-state index in [2.05, 4.69) is 34.1 Å². The SMILES string of the molecule is C=CCCCCO.C=CCCCCO[C@@H]1OC(COC(C)=O)[C@H](OC(C)=O)[C@H](OC(C)=O)C1NC(C)=O.CC(=O)NC1C(OC(C)=O)OC(COC(C)=O)[C@H](OC(C)=O)C1OC(C)=O.CC(=O)NC1[C@H](OCCCCC(=O)O)OC(COC(C)=O)[C@H](OC(C)=O)[C@@H]1OC(C)=O.CC(=O)OCC1O[C@H]2OC(C)=NC2[C@@H](OC(C)=O)[C@H]1OC(C)=O.Cl.NC1C(O)OC(CO)[C@H](O)C1O. The molecule has 0 bridgehead atoms. The van der Waals surface area contributed by atoms with E-state index >= 15 is 0 Å². The van der Waals surface area contributed by atoms with Crippen molar-refractivity contribution in [3.8, 4) is 0 Å². The van der Waals surface area contributed by atoms with Gasteiger partial charge in [-0.3, -0.25) is 81.5 Å². The lowest BCUT2D eigenvalue weighted by atomic mass is 9.96. The minimum absolute atomic E-state index is 0. The number of aliphatic hydroxyl groups is 5. The van der Waals surface area contributed by atoms with E-state index in [1.165, 1.54) is 69.2 Å². The van der Waals surface area contributed by atoms with Crippen LogP contribution < -0.4 is 21.7 Å². The molecule has 6 aliphatic rings. The summed E-state index contributed by atoms with van der Waals surface area (Å²) in [6.07, 6.45) is -12.4. The first-order valence-electron chi connectivity index (χ1n) is 41.0. The second-order valence-corrected chi connectivity index (χ2v) is 29.2. The van der Waals surface area contributed by atoms with E-state index in [4.69, 9.17) is 126 Å². The van der Waals surface area contributed by atoms with Crippen molar-refractivity contribution in [2.45, 2.75) is 329 Å². The number of allylic oxidation sites excluding steroid dienone is 2. The van der Waals surface area contributed by atoms with Gasteiger partial charge in [0.1, 0.15) is 87.3 Å². The number of ether oxygens (including phenoxy) is 21. The van der Waals surface area contributed by atoms with Crippen LogP contribution in [0.25, 0.3) is 0 Å². The van der Waals surface area contributed by atoms with Gasteiger partial charge in [-0.2, -0.15) is 0 Å². The first kappa shape index (κ1) is 121. The molecule has 11 N–H and O–H groups in total. The largest absolute Gasteiger partial charge is 0.481 e. The highest BCUT2D eigenvalue weighted by atomic mass is 35.5. The Kier molecular flexibility index (Phi) is 58.7. The summed E-state index contributed by atoms with van der Waals surface area (Å²) in [6, 6.07) is -4.84. The number of rotatable bonds is 37. The van der Waals surface area contributed by atoms with E-state index in [0.717, 1.165) is 73.6 Å². The maximum atomic E-state index is 11.8. The molecular formula is C81H128ClN5O44. The molecule has 0 spiro atoms. The van der Waals surface area contributed by atoms with E-state index < -0.39 is 261 Å². The van der Waals surface area contributed by atoms with E-state index in [1.54, 1.807) is 13.0 Å². The standard InChI is InChI=1S/C20H31NO9.C19H29NO11.C16H23NO10.C14H19NO8.C6H13NO5.C6H12O.ClH/c1-6-7-8-9-10-26-20-17(21-12(2)22)19(29-15(5)25)18(28-14(4)24)16(30-20)11-27-13(3)23;1-10(21)20-16-18(30-13(4)24)17(29-12(3)23)14(9-28-11(2)22)31-19(16)27-8-6-5-7-15(25)26;1-7(18)17-13-15(25-10(4)21)14(24-9(3)20)12(6-23-8(2)19)27-16(13)26-11(5)22;1-6-15-11-13(22-9(4)18)12(21-8(3)17)10(5-19-7(2)16)23-14(11)20-6;7-3-5(10)4(9)2(1-8)12-6(3)11;1-2-3-4-5-6-7;/h6,16-20H,1,7-11H2,2-5H3,(H,21,22);14,16-19H,5-9H2,1-4H3,(H,20,21)(H,25,26);12-16H,6H2,1-5H3,(H,17,18);10-14H,5H2,1-4H3;2-6,8-11H,1,7H2;2,7H,1,3-6H2;1H/t16?,17?,18-,19+,20+;14?,16?,17-,18+,19+;12?,13?,14-,15?,16?;10?,11?,12-,13+,14+;2?,3?,4-,5?,6?;;/m00000../s1. The molecule has 49 nitrogen and oxygen atoms in total. The topological polar surface area (TPSA) is 680 Å². The Morgan fingerprint density at radius 2 is 0.695 bits per heavy atom. The molecule has 6 rings (SSSR count). The lowest BCUT2D eigenvalue weighted by Crippen LogP contribution is -2.66. The Hall–Kier alpha value is -10.3. The highest BCUT2D eigenvalue weighted by Gasteiger charge is 2.57. The van der Waals surface area contributed by atoms with Gasteiger partial charge in [-0.25, -0.2) is 4.99 Å². The van der Waals surface area contributed by atoms with Crippen molar-refractivity contribution in [3.63, 3.8) is 0 Å². The lowest BCUT2D eigenvalue weighted by molar-refractivity contribution is -0.277. The van der Waals surface area contributed by atoms with Crippen LogP contribution in [0.1, 0.15) is 175 Å². The van der Waals surface area contributed by atoms with Crippen molar-refractivity contribution in [2.24, 2.45) is 10.7 Å². The van der Waals surface area contributed by atoms with Gasteiger partial charge < -0.3 is 152 Å². The number of esters is 13. The summed E-state index contributed by atoms with van der Waals surface area (Å²) in [4.78, 5) is 199. The molecule has 5 saturated heterocycles. The lowest BCUT2D eigenvalue weighted by Gasteiger charge is -2.44.